The first-order valence-electron chi connectivity index (χ1n) is 3.61. The zero-order valence-corrected chi connectivity index (χ0v) is 7.10. The molecular weight excluding hydrogens is 186 g/mol. The van der Waals surface area contributed by atoms with Crippen LogP contribution in [0.4, 0.5) is 5.82 Å². The normalized spacial score (nSPS) is 9.07. The van der Waals surface area contributed by atoms with Crippen molar-refractivity contribution in [1.29, 1.82) is 0 Å². The fourth-order valence-electron chi connectivity index (χ4n) is 0.715. The number of anilines is 1. The zero-order chi connectivity index (χ0) is 10.4. The lowest BCUT2D eigenvalue weighted by Crippen LogP contribution is -2.10. The fourth-order valence-corrected chi connectivity index (χ4v) is 0.715. The van der Waals surface area contributed by atoms with E-state index in [1.807, 2.05) is 0 Å². The Morgan fingerprint density at radius 2 is 2.36 bits per heavy atom. The molecule has 0 radical (unpaired) electrons. The van der Waals surface area contributed by atoms with Crippen molar-refractivity contribution < 1.29 is 14.7 Å². The zero-order valence-electron chi connectivity index (χ0n) is 7.10. The molecule has 14 heavy (non-hydrogen) atoms. The lowest BCUT2D eigenvalue weighted by molar-refractivity contribution is 0.0689. The van der Waals surface area contributed by atoms with E-state index in [1.54, 1.807) is 0 Å². The van der Waals surface area contributed by atoms with Gasteiger partial charge in [0.2, 0.25) is 0 Å². The van der Waals surface area contributed by atoms with Crippen LogP contribution in [0, 0.1) is 12.3 Å². The first-order chi connectivity index (χ1) is 6.75. The number of nitrogens with zero attached hydrogens (tertiary/aromatic N) is 2. The molecule has 2 N–H and O–H groups in total. The quantitative estimate of drug-likeness (QED) is 0.402. The minimum atomic E-state index is -1.19. The van der Waals surface area contributed by atoms with Gasteiger partial charge >= 0.3 is 5.97 Å². The highest BCUT2D eigenvalue weighted by Crippen LogP contribution is 2.07. The molecule has 0 aliphatic carbocycles. The molecule has 0 spiro atoms. The second kappa shape index (κ2) is 4.79. The highest BCUT2D eigenvalue weighted by Gasteiger charge is 2.11. The molecule has 1 rings (SSSR count). The van der Waals surface area contributed by atoms with Crippen LogP contribution in [0.25, 0.3) is 0 Å². The maximum Gasteiger partial charge on any atom is 0.358 e. The van der Waals surface area contributed by atoms with Crippen LogP contribution in [0.5, 0.6) is 0 Å². The van der Waals surface area contributed by atoms with Crippen molar-refractivity contribution in [2.24, 2.45) is 0 Å². The van der Waals surface area contributed by atoms with Gasteiger partial charge in [-0.25, -0.2) is 20.2 Å². The van der Waals surface area contributed by atoms with E-state index in [-0.39, 0.29) is 18.1 Å². The van der Waals surface area contributed by atoms with E-state index in [0.29, 0.717) is 0 Å². The number of carboxylic acids is 1. The molecule has 0 aromatic carbocycles. The highest BCUT2D eigenvalue weighted by molar-refractivity contribution is 5.90. The third-order valence-electron chi connectivity index (χ3n) is 1.23. The number of carbonyl (C=O) groups is 1. The Labute approximate surface area is 79.9 Å². The van der Waals surface area contributed by atoms with Gasteiger partial charge in [0.1, 0.15) is 6.61 Å². The van der Waals surface area contributed by atoms with Crippen molar-refractivity contribution in [1.82, 2.24) is 9.97 Å². The largest absolute Gasteiger partial charge is 0.476 e. The summed E-state index contributed by atoms with van der Waals surface area (Å²) in [6.07, 6.45) is 7.54. The van der Waals surface area contributed by atoms with Gasteiger partial charge in [-0.05, 0) is 0 Å². The number of aromatic carboxylic acids is 1. The molecule has 1 heterocycles. The average molecular weight is 193 g/mol. The predicted molar refractivity (Wildman–Crippen MR) is 47.4 cm³/mol. The van der Waals surface area contributed by atoms with Crippen molar-refractivity contribution in [2.45, 2.75) is 0 Å². The molecule has 72 valence electrons. The first-order valence-corrected chi connectivity index (χ1v) is 3.61. The van der Waals surface area contributed by atoms with E-state index in [1.165, 1.54) is 12.4 Å². The lowest BCUT2D eigenvalue weighted by Gasteiger charge is -2.04. The van der Waals surface area contributed by atoms with Gasteiger partial charge < -0.3 is 5.11 Å². The molecule has 1 aromatic rings. The Kier molecular flexibility index (Phi) is 3.41. The Balaban J connectivity index is 2.75. The smallest absolute Gasteiger partial charge is 0.358 e. The summed E-state index contributed by atoms with van der Waals surface area (Å²) in [5.41, 5.74) is 2.08. The van der Waals surface area contributed by atoms with Crippen LogP contribution in [0.1, 0.15) is 10.5 Å². The lowest BCUT2D eigenvalue weighted by atomic mass is 10.4. The van der Waals surface area contributed by atoms with Gasteiger partial charge in [0.15, 0.2) is 11.5 Å². The molecule has 0 saturated carbocycles. The molecule has 0 atom stereocenters. The van der Waals surface area contributed by atoms with Gasteiger partial charge in [0, 0.05) is 12.4 Å². The minimum absolute atomic E-state index is 0.00956. The summed E-state index contributed by atoms with van der Waals surface area (Å²) in [5, 5.41) is 8.68. The molecule has 0 fully saturated rings. The summed E-state index contributed by atoms with van der Waals surface area (Å²) >= 11 is 0. The van der Waals surface area contributed by atoms with Crippen molar-refractivity contribution in [3.63, 3.8) is 0 Å². The molecule has 0 saturated heterocycles. The molecule has 0 unspecified atom stereocenters. The molecule has 0 bridgehead atoms. The number of carboxylic acid groups (broad SMARTS) is 1. The summed E-state index contributed by atoms with van der Waals surface area (Å²) in [5.74, 6) is 1.04. The van der Waals surface area contributed by atoms with Gasteiger partial charge in [0.25, 0.3) is 0 Å². The van der Waals surface area contributed by atoms with Crippen LogP contribution in [0.3, 0.4) is 0 Å². The molecule has 0 aliphatic rings. The maximum atomic E-state index is 10.6. The van der Waals surface area contributed by atoms with Gasteiger partial charge in [-0.15, -0.1) is 6.42 Å². The molecule has 0 amide bonds. The fraction of sp³-hybridized carbons (Fsp3) is 0.125. The Hall–Kier alpha value is -2.13. The Bertz CT molecular complexity index is 372. The average Bonchev–Trinajstić information content (AvgIpc) is 2.19. The number of hydrogen-bond donors (Lipinski definition) is 2. The number of hydrogen-bond acceptors (Lipinski definition) is 5. The minimum Gasteiger partial charge on any atom is -0.476 e. The van der Waals surface area contributed by atoms with E-state index in [2.05, 4.69) is 21.4 Å². The molecule has 6 nitrogen and oxygen atoms in total. The van der Waals surface area contributed by atoms with Crippen molar-refractivity contribution >= 4 is 11.8 Å². The molecule has 6 heteroatoms. The number of aromatic nitrogens is 2. The highest BCUT2D eigenvalue weighted by atomic mass is 16.6. The summed E-state index contributed by atoms with van der Waals surface area (Å²) in [6.45, 7) is 0.00956. The van der Waals surface area contributed by atoms with Gasteiger partial charge in [-0.2, -0.15) is 0 Å². The summed E-state index contributed by atoms with van der Waals surface area (Å²) < 4.78 is 0. The SMILES string of the molecule is C#CCONc1nccnc1C(=O)O. The van der Waals surface area contributed by atoms with Crippen LogP contribution in [-0.4, -0.2) is 27.7 Å². The van der Waals surface area contributed by atoms with Gasteiger partial charge in [0.05, 0.1) is 0 Å². The van der Waals surface area contributed by atoms with Crippen LogP contribution in [0.2, 0.25) is 0 Å². The number of nitrogens with one attached hydrogen (secondary N) is 1. The molecule has 1 aromatic heterocycles. The maximum absolute atomic E-state index is 10.6. The van der Waals surface area contributed by atoms with E-state index in [9.17, 15) is 4.79 Å². The van der Waals surface area contributed by atoms with Crippen molar-refractivity contribution in [2.75, 3.05) is 12.1 Å². The monoisotopic (exact) mass is 193 g/mol. The topological polar surface area (TPSA) is 84.3 Å². The second-order valence-corrected chi connectivity index (χ2v) is 2.15. The predicted octanol–water partition coefficient (Wildman–Crippen LogP) is 0.151. The number of rotatable bonds is 4. The van der Waals surface area contributed by atoms with Crippen LogP contribution in [-0.2, 0) is 4.84 Å². The van der Waals surface area contributed by atoms with Crippen molar-refractivity contribution in [3.05, 3.63) is 18.1 Å². The van der Waals surface area contributed by atoms with Crippen molar-refractivity contribution in [3.8, 4) is 12.3 Å². The molecular formula is C8H7N3O3. The van der Waals surface area contributed by atoms with Crippen LogP contribution < -0.4 is 5.48 Å². The summed E-state index contributed by atoms with van der Waals surface area (Å²) in [4.78, 5) is 22.6. The summed E-state index contributed by atoms with van der Waals surface area (Å²) in [6, 6.07) is 0. The van der Waals surface area contributed by atoms with Crippen LogP contribution >= 0.6 is 0 Å². The second-order valence-electron chi connectivity index (χ2n) is 2.15. The Morgan fingerprint density at radius 3 is 3.00 bits per heavy atom. The number of terminal acetylenes is 1. The third-order valence-corrected chi connectivity index (χ3v) is 1.23. The molecule has 0 aliphatic heterocycles. The first kappa shape index (κ1) is 9.95. The summed E-state index contributed by atoms with van der Waals surface area (Å²) in [7, 11) is 0. The third kappa shape index (κ3) is 2.43. The Morgan fingerprint density at radius 1 is 1.64 bits per heavy atom. The standard InChI is InChI=1S/C8H7N3O3/c1-2-5-14-11-7-6(8(12)13)9-3-4-10-7/h1,3-4H,5H2,(H,10,11)(H,12,13). The van der Waals surface area contributed by atoms with E-state index in [4.69, 9.17) is 16.4 Å². The van der Waals surface area contributed by atoms with Gasteiger partial charge in [-0.3, -0.25) is 4.84 Å². The van der Waals surface area contributed by atoms with Gasteiger partial charge in [-0.1, -0.05) is 5.92 Å². The van der Waals surface area contributed by atoms with E-state index < -0.39 is 5.97 Å². The van der Waals surface area contributed by atoms with Crippen LogP contribution in [0.15, 0.2) is 12.4 Å². The van der Waals surface area contributed by atoms with E-state index >= 15 is 0 Å². The van der Waals surface area contributed by atoms with E-state index in [0.717, 1.165) is 0 Å².